The standard InChI is InChI=1S/C17H25FN2O/c18-16-12-14(4-5-17(16)21)13-19-10-6-15(7-11-19)20-8-2-1-3-9-20/h4-5,12,15,21H,1-3,6-11,13H2. The molecule has 0 saturated carbocycles. The van der Waals surface area contributed by atoms with Gasteiger partial charge in [0.1, 0.15) is 0 Å². The van der Waals surface area contributed by atoms with Gasteiger partial charge in [-0.15, -0.1) is 0 Å². The largest absolute Gasteiger partial charge is 0.505 e. The molecule has 1 aromatic rings. The normalized spacial score (nSPS) is 22.5. The highest BCUT2D eigenvalue weighted by atomic mass is 19.1. The third-order valence-electron chi connectivity index (χ3n) is 4.88. The topological polar surface area (TPSA) is 26.7 Å². The minimum Gasteiger partial charge on any atom is -0.505 e. The first-order valence-corrected chi connectivity index (χ1v) is 8.16. The van der Waals surface area contributed by atoms with E-state index in [1.165, 1.54) is 57.3 Å². The molecule has 0 radical (unpaired) electrons. The van der Waals surface area contributed by atoms with Crippen molar-refractivity contribution in [1.82, 2.24) is 9.80 Å². The lowest BCUT2D eigenvalue weighted by molar-refractivity contribution is 0.0896. The van der Waals surface area contributed by atoms with Crippen molar-refractivity contribution in [2.45, 2.75) is 44.7 Å². The van der Waals surface area contributed by atoms with Crippen LogP contribution in [0.1, 0.15) is 37.7 Å². The van der Waals surface area contributed by atoms with Crippen LogP contribution in [0.4, 0.5) is 4.39 Å². The Bertz CT molecular complexity index is 466. The fourth-order valence-corrected chi connectivity index (χ4v) is 3.63. The van der Waals surface area contributed by atoms with E-state index in [0.717, 1.165) is 31.2 Å². The van der Waals surface area contributed by atoms with Crippen molar-refractivity contribution in [3.05, 3.63) is 29.6 Å². The number of piperidine rings is 2. The maximum absolute atomic E-state index is 13.4. The van der Waals surface area contributed by atoms with E-state index in [1.807, 2.05) is 6.07 Å². The minimum atomic E-state index is -0.518. The van der Waals surface area contributed by atoms with Crippen LogP contribution in [-0.2, 0) is 6.54 Å². The second-order valence-electron chi connectivity index (χ2n) is 6.39. The molecule has 0 bridgehead atoms. The van der Waals surface area contributed by atoms with Gasteiger partial charge in [-0.05, 0) is 69.6 Å². The Morgan fingerprint density at radius 2 is 1.76 bits per heavy atom. The molecule has 4 heteroatoms. The molecule has 2 saturated heterocycles. The van der Waals surface area contributed by atoms with E-state index in [0.29, 0.717) is 0 Å². The molecule has 1 N–H and O–H groups in total. The Balaban J connectivity index is 1.50. The van der Waals surface area contributed by atoms with Crippen LogP contribution in [0.2, 0.25) is 0 Å². The highest BCUT2D eigenvalue weighted by molar-refractivity contribution is 5.27. The van der Waals surface area contributed by atoms with Gasteiger partial charge in [0.25, 0.3) is 0 Å². The number of phenolic OH excluding ortho intramolecular Hbond substituents is 1. The summed E-state index contributed by atoms with van der Waals surface area (Å²) in [4.78, 5) is 5.06. The van der Waals surface area contributed by atoms with Crippen LogP contribution in [0.5, 0.6) is 5.75 Å². The molecule has 2 aliphatic heterocycles. The van der Waals surface area contributed by atoms with Gasteiger partial charge in [-0.3, -0.25) is 4.90 Å². The Labute approximate surface area is 126 Å². The van der Waals surface area contributed by atoms with Crippen LogP contribution in [-0.4, -0.2) is 47.1 Å². The van der Waals surface area contributed by atoms with Gasteiger partial charge in [0.15, 0.2) is 11.6 Å². The summed E-state index contributed by atoms with van der Waals surface area (Å²) in [7, 11) is 0. The fourth-order valence-electron chi connectivity index (χ4n) is 3.63. The SMILES string of the molecule is Oc1ccc(CN2CCC(N3CCCCC3)CC2)cc1F. The Morgan fingerprint density at radius 3 is 2.43 bits per heavy atom. The van der Waals surface area contributed by atoms with Crippen molar-refractivity contribution < 1.29 is 9.50 Å². The molecule has 0 atom stereocenters. The lowest BCUT2D eigenvalue weighted by Crippen LogP contribution is -2.46. The van der Waals surface area contributed by atoms with Crippen LogP contribution in [0.25, 0.3) is 0 Å². The van der Waals surface area contributed by atoms with Crippen LogP contribution in [0.15, 0.2) is 18.2 Å². The molecule has 21 heavy (non-hydrogen) atoms. The number of nitrogens with zero attached hydrogens (tertiary/aromatic N) is 2. The van der Waals surface area contributed by atoms with E-state index in [9.17, 15) is 9.50 Å². The van der Waals surface area contributed by atoms with Gasteiger partial charge in [-0.2, -0.15) is 0 Å². The first kappa shape index (κ1) is 14.8. The lowest BCUT2D eigenvalue weighted by Gasteiger charge is -2.40. The number of rotatable bonds is 3. The maximum atomic E-state index is 13.4. The van der Waals surface area contributed by atoms with Crippen molar-refractivity contribution in [3.63, 3.8) is 0 Å². The molecule has 0 spiro atoms. The first-order chi connectivity index (χ1) is 10.2. The van der Waals surface area contributed by atoms with E-state index in [-0.39, 0.29) is 5.75 Å². The summed E-state index contributed by atoms with van der Waals surface area (Å²) < 4.78 is 13.4. The van der Waals surface area contributed by atoms with Gasteiger partial charge in [0.2, 0.25) is 0 Å². The Hall–Kier alpha value is -1.13. The third kappa shape index (κ3) is 3.74. The number of hydrogen-bond donors (Lipinski definition) is 1. The Kier molecular flexibility index (Phi) is 4.76. The molecule has 3 rings (SSSR count). The summed E-state index contributed by atoms with van der Waals surface area (Å²) in [5.74, 6) is -0.779. The van der Waals surface area contributed by atoms with Crippen LogP contribution in [0.3, 0.4) is 0 Å². The second kappa shape index (κ2) is 6.75. The first-order valence-electron chi connectivity index (χ1n) is 8.16. The lowest BCUT2D eigenvalue weighted by atomic mass is 9.99. The van der Waals surface area contributed by atoms with Crippen molar-refractivity contribution in [1.29, 1.82) is 0 Å². The van der Waals surface area contributed by atoms with Crippen molar-refractivity contribution in [2.75, 3.05) is 26.2 Å². The third-order valence-corrected chi connectivity index (χ3v) is 4.88. The summed E-state index contributed by atoms with van der Waals surface area (Å²) in [6.07, 6.45) is 6.54. The van der Waals surface area contributed by atoms with Crippen LogP contribution >= 0.6 is 0 Å². The van der Waals surface area contributed by atoms with Crippen molar-refractivity contribution in [3.8, 4) is 5.75 Å². The summed E-state index contributed by atoms with van der Waals surface area (Å²) in [6, 6.07) is 5.46. The van der Waals surface area contributed by atoms with Crippen LogP contribution < -0.4 is 0 Å². The van der Waals surface area contributed by atoms with E-state index in [4.69, 9.17) is 0 Å². The average molecular weight is 292 g/mol. The zero-order valence-corrected chi connectivity index (χ0v) is 12.6. The van der Waals surface area contributed by atoms with E-state index >= 15 is 0 Å². The molecule has 0 aliphatic carbocycles. The summed E-state index contributed by atoms with van der Waals surface area (Å²) in [6.45, 7) is 5.50. The number of phenols is 1. The number of aromatic hydroxyl groups is 1. The van der Waals surface area contributed by atoms with Gasteiger partial charge >= 0.3 is 0 Å². The predicted octanol–water partition coefficient (Wildman–Crippen LogP) is 2.98. The van der Waals surface area contributed by atoms with Crippen molar-refractivity contribution >= 4 is 0 Å². The van der Waals surface area contributed by atoms with Crippen LogP contribution in [0, 0.1) is 5.82 Å². The number of halogens is 1. The van der Waals surface area contributed by atoms with Gasteiger partial charge in [-0.25, -0.2) is 4.39 Å². The summed E-state index contributed by atoms with van der Waals surface area (Å²) in [5, 5.41) is 9.23. The summed E-state index contributed by atoms with van der Waals surface area (Å²) in [5.41, 5.74) is 0.946. The molecule has 1 aromatic carbocycles. The zero-order chi connectivity index (χ0) is 14.7. The van der Waals surface area contributed by atoms with Gasteiger partial charge < -0.3 is 10.0 Å². The second-order valence-corrected chi connectivity index (χ2v) is 6.39. The minimum absolute atomic E-state index is 0.262. The van der Waals surface area contributed by atoms with Gasteiger partial charge in [0, 0.05) is 12.6 Å². The number of benzene rings is 1. The summed E-state index contributed by atoms with van der Waals surface area (Å²) >= 11 is 0. The van der Waals surface area contributed by atoms with Crippen molar-refractivity contribution in [2.24, 2.45) is 0 Å². The molecular formula is C17H25FN2O. The highest BCUT2D eigenvalue weighted by Gasteiger charge is 2.25. The predicted molar refractivity (Wildman–Crippen MR) is 81.8 cm³/mol. The highest BCUT2D eigenvalue weighted by Crippen LogP contribution is 2.23. The molecule has 0 aromatic heterocycles. The molecule has 2 fully saturated rings. The molecular weight excluding hydrogens is 267 g/mol. The van der Waals surface area contributed by atoms with Gasteiger partial charge in [0.05, 0.1) is 0 Å². The maximum Gasteiger partial charge on any atom is 0.165 e. The molecule has 3 nitrogen and oxygen atoms in total. The fraction of sp³-hybridized carbons (Fsp3) is 0.647. The quantitative estimate of drug-likeness (QED) is 0.928. The zero-order valence-electron chi connectivity index (χ0n) is 12.6. The molecule has 2 aliphatic rings. The average Bonchev–Trinajstić information content (AvgIpc) is 2.53. The van der Waals surface area contributed by atoms with E-state index < -0.39 is 5.82 Å². The molecule has 2 heterocycles. The van der Waals surface area contributed by atoms with E-state index in [2.05, 4.69) is 9.80 Å². The number of likely N-dealkylation sites (tertiary alicyclic amines) is 2. The van der Waals surface area contributed by atoms with E-state index in [1.54, 1.807) is 0 Å². The monoisotopic (exact) mass is 292 g/mol. The number of hydrogen-bond acceptors (Lipinski definition) is 3. The van der Waals surface area contributed by atoms with Gasteiger partial charge in [-0.1, -0.05) is 12.5 Å². The molecule has 116 valence electrons. The Morgan fingerprint density at radius 1 is 1.05 bits per heavy atom. The molecule has 0 amide bonds. The smallest absolute Gasteiger partial charge is 0.165 e. The molecule has 0 unspecified atom stereocenters.